The van der Waals surface area contributed by atoms with Gasteiger partial charge < -0.3 is 5.11 Å². The molecule has 0 atom stereocenters. The number of halogens is 1. The summed E-state index contributed by atoms with van der Waals surface area (Å²) in [5.74, 6) is 0. The maximum atomic E-state index is 12.5. The lowest BCUT2D eigenvalue weighted by Crippen LogP contribution is -2.26. The van der Waals surface area contributed by atoms with Gasteiger partial charge in [0.25, 0.3) is 0 Å². The summed E-state index contributed by atoms with van der Waals surface area (Å²) in [5, 5.41) is 13.1. The number of aliphatic hydroxyl groups excluding tert-OH is 1. The summed E-state index contributed by atoms with van der Waals surface area (Å²) in [6.45, 7) is 0.0675. The van der Waals surface area contributed by atoms with Crippen LogP contribution in [0.1, 0.15) is 10.4 Å². The SMILES string of the molecule is CN(Cc1cnn(C)c1)S(=O)(=O)c1cc(CO)sc1Br. The Morgan fingerprint density at radius 2 is 2.25 bits per heavy atom. The van der Waals surface area contributed by atoms with Gasteiger partial charge in [0.05, 0.1) is 16.6 Å². The fourth-order valence-electron chi connectivity index (χ4n) is 1.72. The molecule has 1 N–H and O–H groups in total. The lowest BCUT2D eigenvalue weighted by Gasteiger charge is -2.15. The third-order valence-electron chi connectivity index (χ3n) is 2.71. The minimum atomic E-state index is -3.60. The Morgan fingerprint density at radius 1 is 1.55 bits per heavy atom. The van der Waals surface area contributed by atoms with Crippen LogP contribution in [0, 0.1) is 0 Å². The molecule has 0 radical (unpaired) electrons. The summed E-state index contributed by atoms with van der Waals surface area (Å²) < 4.78 is 28.4. The van der Waals surface area contributed by atoms with Gasteiger partial charge in [-0.2, -0.15) is 9.40 Å². The van der Waals surface area contributed by atoms with Crippen molar-refractivity contribution in [1.82, 2.24) is 14.1 Å². The highest BCUT2D eigenvalue weighted by Crippen LogP contribution is 2.33. The predicted octanol–water partition coefficient (Wildman–Crippen LogP) is 1.56. The van der Waals surface area contributed by atoms with E-state index in [2.05, 4.69) is 21.0 Å². The van der Waals surface area contributed by atoms with E-state index in [-0.39, 0.29) is 18.0 Å². The standard InChI is InChI=1S/C11H14BrN3O3S2/c1-14-5-8(4-13-14)6-15(2)20(17,18)10-3-9(7-16)19-11(10)12/h3-5,16H,6-7H2,1-2H3. The molecule has 9 heteroatoms. The summed E-state index contributed by atoms with van der Waals surface area (Å²) in [5.41, 5.74) is 0.812. The van der Waals surface area contributed by atoms with Crippen LogP contribution in [0.2, 0.25) is 0 Å². The molecule has 0 fully saturated rings. The maximum Gasteiger partial charge on any atom is 0.245 e. The van der Waals surface area contributed by atoms with Crippen LogP contribution in [0.4, 0.5) is 0 Å². The fraction of sp³-hybridized carbons (Fsp3) is 0.364. The molecule has 2 heterocycles. The highest BCUT2D eigenvalue weighted by Gasteiger charge is 2.26. The second kappa shape index (κ2) is 5.94. The van der Waals surface area contributed by atoms with E-state index in [9.17, 15) is 8.42 Å². The number of aryl methyl sites for hydroxylation is 1. The average molecular weight is 380 g/mol. The van der Waals surface area contributed by atoms with E-state index in [0.29, 0.717) is 8.66 Å². The Bertz CT molecular complexity index is 708. The Balaban J connectivity index is 2.26. The Labute approximate surface area is 129 Å². The molecule has 0 bridgehead atoms. The van der Waals surface area contributed by atoms with Crippen molar-refractivity contribution < 1.29 is 13.5 Å². The molecule has 20 heavy (non-hydrogen) atoms. The van der Waals surface area contributed by atoms with Crippen molar-refractivity contribution in [2.45, 2.75) is 18.0 Å². The van der Waals surface area contributed by atoms with Crippen molar-refractivity contribution in [3.8, 4) is 0 Å². The van der Waals surface area contributed by atoms with E-state index < -0.39 is 10.0 Å². The topological polar surface area (TPSA) is 75.4 Å². The monoisotopic (exact) mass is 379 g/mol. The predicted molar refractivity (Wildman–Crippen MR) is 79.8 cm³/mol. The van der Waals surface area contributed by atoms with Crippen LogP contribution in [0.15, 0.2) is 27.1 Å². The molecule has 2 aromatic rings. The third kappa shape index (κ3) is 3.12. The van der Waals surface area contributed by atoms with E-state index in [1.165, 1.54) is 28.8 Å². The molecule has 0 amide bonds. The quantitative estimate of drug-likeness (QED) is 0.854. The first kappa shape index (κ1) is 15.6. The lowest BCUT2D eigenvalue weighted by molar-refractivity contribution is 0.285. The van der Waals surface area contributed by atoms with Crippen LogP contribution in [0.3, 0.4) is 0 Å². The van der Waals surface area contributed by atoms with Gasteiger partial charge in [0.15, 0.2) is 0 Å². The van der Waals surface area contributed by atoms with Gasteiger partial charge in [-0.25, -0.2) is 8.42 Å². The second-order valence-electron chi connectivity index (χ2n) is 4.29. The first-order chi connectivity index (χ1) is 9.34. The summed E-state index contributed by atoms with van der Waals surface area (Å²) in [7, 11) is -0.301. The molecule has 0 saturated carbocycles. The van der Waals surface area contributed by atoms with Gasteiger partial charge in [0, 0.05) is 37.3 Å². The first-order valence-electron chi connectivity index (χ1n) is 5.67. The van der Waals surface area contributed by atoms with E-state index in [1.807, 2.05) is 0 Å². The molecule has 0 aliphatic carbocycles. The number of sulfonamides is 1. The van der Waals surface area contributed by atoms with Gasteiger partial charge >= 0.3 is 0 Å². The molecule has 2 rings (SSSR count). The van der Waals surface area contributed by atoms with Gasteiger partial charge in [-0.05, 0) is 22.0 Å². The fourth-order valence-corrected chi connectivity index (χ4v) is 5.36. The van der Waals surface area contributed by atoms with Crippen LogP contribution in [0.25, 0.3) is 0 Å². The summed E-state index contributed by atoms with van der Waals surface area (Å²) in [6, 6.07) is 1.49. The number of thiophene rings is 1. The number of hydrogen-bond donors (Lipinski definition) is 1. The van der Waals surface area contributed by atoms with Crippen molar-refractivity contribution in [3.63, 3.8) is 0 Å². The minimum Gasteiger partial charge on any atom is -0.391 e. The van der Waals surface area contributed by atoms with Gasteiger partial charge in [-0.15, -0.1) is 11.3 Å². The molecule has 2 aromatic heterocycles. The van der Waals surface area contributed by atoms with Crippen molar-refractivity contribution in [1.29, 1.82) is 0 Å². The largest absolute Gasteiger partial charge is 0.391 e. The average Bonchev–Trinajstić information content (AvgIpc) is 2.95. The zero-order valence-electron chi connectivity index (χ0n) is 10.9. The van der Waals surface area contributed by atoms with Crippen molar-refractivity contribution in [2.75, 3.05) is 7.05 Å². The van der Waals surface area contributed by atoms with E-state index >= 15 is 0 Å². The highest BCUT2D eigenvalue weighted by atomic mass is 79.9. The molecule has 0 saturated heterocycles. The van der Waals surface area contributed by atoms with E-state index in [4.69, 9.17) is 5.11 Å². The third-order valence-corrected chi connectivity index (χ3v) is 6.75. The summed E-state index contributed by atoms with van der Waals surface area (Å²) in [4.78, 5) is 0.781. The number of rotatable bonds is 5. The lowest BCUT2D eigenvalue weighted by atomic mass is 10.4. The van der Waals surface area contributed by atoms with Gasteiger partial charge in [0.1, 0.15) is 4.90 Å². The molecule has 0 aliphatic heterocycles. The normalized spacial score (nSPS) is 12.2. The number of aliphatic hydroxyl groups is 1. The minimum absolute atomic E-state index is 0.175. The molecule has 6 nitrogen and oxygen atoms in total. The van der Waals surface area contributed by atoms with E-state index in [0.717, 1.165) is 5.56 Å². The first-order valence-corrected chi connectivity index (χ1v) is 8.72. The van der Waals surface area contributed by atoms with E-state index in [1.54, 1.807) is 24.1 Å². The van der Waals surface area contributed by atoms with Gasteiger partial charge in [0.2, 0.25) is 10.0 Å². The zero-order valence-corrected chi connectivity index (χ0v) is 14.2. The van der Waals surface area contributed by atoms with Crippen molar-refractivity contribution in [2.24, 2.45) is 7.05 Å². The van der Waals surface area contributed by atoms with Crippen LogP contribution in [-0.4, -0.2) is 34.7 Å². The van der Waals surface area contributed by atoms with Crippen LogP contribution < -0.4 is 0 Å². The van der Waals surface area contributed by atoms with Crippen LogP contribution in [0.5, 0.6) is 0 Å². The summed E-state index contributed by atoms with van der Waals surface area (Å²) >= 11 is 4.45. The van der Waals surface area contributed by atoms with Gasteiger partial charge in [-0.1, -0.05) is 0 Å². The smallest absolute Gasteiger partial charge is 0.245 e. The molecular weight excluding hydrogens is 366 g/mol. The Kier molecular flexibility index (Phi) is 4.65. The Hall–Kier alpha value is -0.740. The van der Waals surface area contributed by atoms with Crippen LogP contribution in [-0.2, 0) is 30.2 Å². The summed E-state index contributed by atoms with van der Waals surface area (Å²) in [6.07, 6.45) is 3.40. The molecule has 0 aliphatic rings. The number of aromatic nitrogens is 2. The van der Waals surface area contributed by atoms with Crippen molar-refractivity contribution in [3.05, 3.63) is 32.7 Å². The molecule has 110 valence electrons. The van der Waals surface area contributed by atoms with Gasteiger partial charge in [-0.3, -0.25) is 4.68 Å². The molecule has 0 aromatic carbocycles. The number of nitrogens with zero attached hydrogens (tertiary/aromatic N) is 3. The second-order valence-corrected chi connectivity index (χ2v) is 8.76. The molecule has 0 unspecified atom stereocenters. The molecule has 0 spiro atoms. The van der Waals surface area contributed by atoms with Crippen molar-refractivity contribution >= 4 is 37.3 Å². The Morgan fingerprint density at radius 3 is 2.75 bits per heavy atom. The number of hydrogen-bond acceptors (Lipinski definition) is 5. The molecular formula is C11H14BrN3O3S2. The van der Waals surface area contributed by atoms with Crippen LogP contribution >= 0.6 is 27.3 Å². The highest BCUT2D eigenvalue weighted by molar-refractivity contribution is 9.11. The zero-order chi connectivity index (χ0) is 14.9. The maximum absolute atomic E-state index is 12.5.